The number of carbonyl (C=O) groups is 3. The lowest BCUT2D eigenvalue weighted by Crippen LogP contribution is -2.32. The first-order valence-corrected chi connectivity index (χ1v) is 12.2. The minimum absolute atomic E-state index is 0.0263. The van der Waals surface area contributed by atoms with Gasteiger partial charge in [-0.3, -0.25) is 9.59 Å². The Hall–Kier alpha value is -3.66. The summed E-state index contributed by atoms with van der Waals surface area (Å²) in [6, 6.07) is 12.0. The average molecular weight is 534 g/mol. The largest absolute Gasteiger partial charge is 0.485 e. The fourth-order valence-electron chi connectivity index (χ4n) is 3.89. The molecule has 1 unspecified atom stereocenters. The van der Waals surface area contributed by atoms with Gasteiger partial charge in [0.05, 0.1) is 17.0 Å². The molecule has 0 radical (unpaired) electrons. The van der Waals surface area contributed by atoms with Crippen molar-refractivity contribution >= 4 is 29.0 Å². The number of alkyl halides is 3. The van der Waals surface area contributed by atoms with Crippen molar-refractivity contribution in [2.45, 2.75) is 40.0 Å². The molecule has 0 aliphatic heterocycles. The highest BCUT2D eigenvalue weighted by Crippen LogP contribution is 2.37. The molecule has 3 rings (SSSR count). The number of carboxylic acid groups (broad SMARTS) is 1. The number of carbonyl (C=O) groups excluding carboxylic acids is 2. The van der Waals surface area contributed by atoms with Crippen LogP contribution in [0.25, 0.3) is 11.1 Å². The van der Waals surface area contributed by atoms with Gasteiger partial charge in [0.2, 0.25) is 0 Å². The summed E-state index contributed by atoms with van der Waals surface area (Å²) in [6.07, 6.45) is -4.80. The highest BCUT2D eigenvalue weighted by molar-refractivity contribution is 7.14. The molecule has 6 nitrogen and oxygen atoms in total. The third-order valence-electron chi connectivity index (χ3n) is 5.65. The predicted octanol–water partition coefficient (Wildman–Crippen LogP) is 6.21. The molecule has 0 fully saturated rings. The Bertz CT molecular complexity index is 1290. The molecule has 1 aromatic heterocycles. The maximum absolute atomic E-state index is 12.9. The summed E-state index contributed by atoms with van der Waals surface area (Å²) in [5.74, 6) is -2.68. The van der Waals surface area contributed by atoms with E-state index in [1.165, 1.54) is 23.5 Å². The Labute approximate surface area is 216 Å². The molecule has 2 N–H and O–H groups in total. The molecule has 0 saturated carbocycles. The van der Waals surface area contributed by atoms with Gasteiger partial charge in [0.15, 0.2) is 0 Å². The first-order valence-electron chi connectivity index (χ1n) is 11.4. The molecule has 1 atom stereocenters. The van der Waals surface area contributed by atoms with Crippen LogP contribution in [0.4, 0.5) is 13.2 Å². The maximum Gasteiger partial charge on any atom is 0.416 e. The van der Waals surface area contributed by atoms with Crippen molar-refractivity contribution in [3.8, 4) is 16.9 Å². The Morgan fingerprint density at radius 3 is 2.11 bits per heavy atom. The summed E-state index contributed by atoms with van der Waals surface area (Å²) in [7, 11) is 0. The van der Waals surface area contributed by atoms with E-state index in [0.717, 1.165) is 33.7 Å². The Kier molecular flexibility index (Phi) is 8.42. The van der Waals surface area contributed by atoms with E-state index in [0.29, 0.717) is 16.2 Å². The summed E-state index contributed by atoms with van der Waals surface area (Å²) >= 11 is 1.18. The molecule has 196 valence electrons. The molecule has 3 aromatic rings. The van der Waals surface area contributed by atoms with E-state index in [2.05, 4.69) is 5.32 Å². The number of benzene rings is 2. The van der Waals surface area contributed by atoms with Gasteiger partial charge in [0.1, 0.15) is 11.9 Å². The summed E-state index contributed by atoms with van der Waals surface area (Å²) in [4.78, 5) is 35.3. The molecular weight excluding hydrogens is 507 g/mol. The standard InChI is InChI=1S/C27H26F3NO5S/c1-14(2)24(21-9-10-22(37-21)25(33)31-13-20(32)26(34)35)36-19-11-15(3)23(16(4)12-19)17-5-7-18(8-6-17)27(28,29)30/h5-12,14,24H,13H2,1-4H3,(H,31,33)(H,34,35). The minimum Gasteiger partial charge on any atom is -0.485 e. The lowest BCUT2D eigenvalue weighted by Gasteiger charge is -2.23. The quantitative estimate of drug-likeness (QED) is 0.319. The van der Waals surface area contributed by atoms with Crippen LogP contribution >= 0.6 is 11.3 Å². The molecule has 0 bridgehead atoms. The van der Waals surface area contributed by atoms with Gasteiger partial charge in [0.25, 0.3) is 11.7 Å². The first kappa shape index (κ1) is 27.9. The number of ether oxygens (including phenoxy) is 1. The van der Waals surface area contributed by atoms with Gasteiger partial charge in [-0.15, -0.1) is 11.3 Å². The number of carboxylic acids is 1. The number of hydrogen-bond acceptors (Lipinski definition) is 5. The molecule has 2 aromatic carbocycles. The molecule has 10 heteroatoms. The van der Waals surface area contributed by atoms with Crippen LogP contribution in [0.1, 0.15) is 51.2 Å². The second-order valence-electron chi connectivity index (χ2n) is 8.90. The number of nitrogens with one attached hydrogen (secondary N) is 1. The molecular formula is C27H26F3NO5S. The molecule has 37 heavy (non-hydrogen) atoms. The lowest BCUT2D eigenvalue weighted by atomic mass is 9.94. The van der Waals surface area contributed by atoms with Crippen molar-refractivity contribution in [1.29, 1.82) is 0 Å². The van der Waals surface area contributed by atoms with Gasteiger partial charge in [-0.1, -0.05) is 26.0 Å². The third-order valence-corrected chi connectivity index (χ3v) is 6.80. The van der Waals surface area contributed by atoms with E-state index in [1.54, 1.807) is 12.1 Å². The SMILES string of the molecule is Cc1cc(OC(c2ccc(C(=O)NCC(=O)C(=O)O)s2)C(C)C)cc(C)c1-c1ccc(C(F)(F)F)cc1. The number of rotatable bonds is 9. The van der Waals surface area contributed by atoms with Crippen molar-refractivity contribution in [2.24, 2.45) is 5.92 Å². The second kappa shape index (κ2) is 11.2. The van der Waals surface area contributed by atoms with Crippen LogP contribution < -0.4 is 10.1 Å². The van der Waals surface area contributed by atoms with Gasteiger partial charge in [-0.05, 0) is 78.4 Å². The predicted molar refractivity (Wildman–Crippen MR) is 134 cm³/mol. The number of halogens is 3. The van der Waals surface area contributed by atoms with Gasteiger partial charge < -0.3 is 15.2 Å². The number of aryl methyl sites for hydroxylation is 2. The van der Waals surface area contributed by atoms with Crippen LogP contribution in [0.15, 0.2) is 48.5 Å². The highest BCUT2D eigenvalue weighted by atomic mass is 32.1. The number of Topliss-reactive ketones (excluding diaryl/α,β-unsaturated/α-hetero) is 1. The lowest BCUT2D eigenvalue weighted by molar-refractivity contribution is -0.148. The average Bonchev–Trinajstić information content (AvgIpc) is 3.30. The fraction of sp³-hybridized carbons (Fsp3) is 0.296. The molecule has 0 aliphatic rings. The van der Waals surface area contributed by atoms with Crippen LogP contribution in [0.2, 0.25) is 0 Å². The smallest absolute Gasteiger partial charge is 0.416 e. The zero-order chi connectivity index (χ0) is 27.5. The monoisotopic (exact) mass is 533 g/mol. The Morgan fingerprint density at radius 2 is 1.59 bits per heavy atom. The normalized spacial score (nSPS) is 12.3. The topological polar surface area (TPSA) is 92.7 Å². The third kappa shape index (κ3) is 6.76. The summed E-state index contributed by atoms with van der Waals surface area (Å²) in [6.45, 7) is 7.06. The van der Waals surface area contributed by atoms with Crippen LogP contribution in [0.3, 0.4) is 0 Å². The van der Waals surface area contributed by atoms with Crippen LogP contribution in [0.5, 0.6) is 5.75 Å². The molecule has 1 heterocycles. The van der Waals surface area contributed by atoms with E-state index in [4.69, 9.17) is 9.84 Å². The fourth-order valence-corrected chi connectivity index (χ4v) is 5.02. The van der Waals surface area contributed by atoms with Gasteiger partial charge in [-0.25, -0.2) is 4.79 Å². The highest BCUT2D eigenvalue weighted by Gasteiger charge is 2.30. The number of thiophene rings is 1. The van der Waals surface area contributed by atoms with Crippen LogP contribution in [-0.4, -0.2) is 29.3 Å². The minimum atomic E-state index is -4.40. The molecule has 0 saturated heterocycles. The molecule has 1 amide bonds. The maximum atomic E-state index is 12.9. The van der Waals surface area contributed by atoms with E-state index >= 15 is 0 Å². The zero-order valence-corrected chi connectivity index (χ0v) is 21.4. The molecule has 0 aliphatic carbocycles. The molecule has 0 spiro atoms. The van der Waals surface area contributed by atoms with Crippen LogP contribution in [0, 0.1) is 19.8 Å². The summed E-state index contributed by atoms with van der Waals surface area (Å²) < 4.78 is 45.1. The second-order valence-corrected chi connectivity index (χ2v) is 10.0. The Balaban J connectivity index is 1.80. The van der Waals surface area contributed by atoms with Gasteiger partial charge in [-0.2, -0.15) is 13.2 Å². The Morgan fingerprint density at radius 1 is 1.00 bits per heavy atom. The van der Waals surface area contributed by atoms with E-state index in [1.807, 2.05) is 39.8 Å². The van der Waals surface area contributed by atoms with Crippen molar-refractivity contribution in [2.75, 3.05) is 6.54 Å². The number of aliphatic carboxylic acids is 1. The first-order chi connectivity index (χ1) is 17.3. The van der Waals surface area contributed by atoms with Gasteiger partial charge >= 0.3 is 12.1 Å². The number of amides is 1. The van der Waals surface area contributed by atoms with Gasteiger partial charge in [0, 0.05) is 4.88 Å². The summed E-state index contributed by atoms with van der Waals surface area (Å²) in [5.41, 5.74) is 2.47. The van der Waals surface area contributed by atoms with E-state index in [-0.39, 0.29) is 5.92 Å². The number of hydrogen-bond donors (Lipinski definition) is 2. The summed E-state index contributed by atoms with van der Waals surface area (Å²) in [5, 5.41) is 10.9. The van der Waals surface area contributed by atoms with E-state index < -0.39 is 42.0 Å². The van der Waals surface area contributed by atoms with E-state index in [9.17, 15) is 27.6 Å². The van der Waals surface area contributed by atoms with Crippen LogP contribution in [-0.2, 0) is 15.8 Å². The zero-order valence-electron chi connectivity index (χ0n) is 20.6. The van der Waals surface area contributed by atoms with Crippen molar-refractivity contribution in [3.05, 3.63) is 75.0 Å². The van der Waals surface area contributed by atoms with Crippen molar-refractivity contribution < 1.29 is 37.4 Å². The van der Waals surface area contributed by atoms with Crippen molar-refractivity contribution in [3.63, 3.8) is 0 Å². The number of ketones is 1. The van der Waals surface area contributed by atoms with Crippen molar-refractivity contribution in [1.82, 2.24) is 5.32 Å².